The molecule has 1 N–H and O–H groups in total. The smallest absolute Gasteiger partial charge is 0.122 e. The molecular weight excluding hydrogens is 228 g/mol. The largest absolute Gasteiger partial charge is 0.496 e. The van der Waals surface area contributed by atoms with E-state index in [0.717, 1.165) is 24.3 Å². The van der Waals surface area contributed by atoms with E-state index in [2.05, 4.69) is 6.92 Å². The Labute approximate surface area is 108 Å². The lowest BCUT2D eigenvalue weighted by atomic mass is 9.60. The topological polar surface area (TPSA) is 38.7 Å². The van der Waals surface area contributed by atoms with Crippen LogP contribution in [0.25, 0.3) is 0 Å². The fraction of sp³-hybridized carbons (Fsp3) is 0.600. The number of ether oxygens (including phenoxy) is 2. The van der Waals surface area contributed by atoms with Crippen LogP contribution >= 0.6 is 0 Å². The third-order valence-corrected chi connectivity index (χ3v) is 4.76. The highest BCUT2D eigenvalue weighted by molar-refractivity contribution is 5.56. The third kappa shape index (κ3) is 1.40. The molecule has 0 saturated heterocycles. The molecule has 0 heterocycles. The molecule has 0 amide bonds. The van der Waals surface area contributed by atoms with Crippen molar-refractivity contribution in [1.29, 1.82) is 0 Å². The summed E-state index contributed by atoms with van der Waals surface area (Å²) in [4.78, 5) is 0. The van der Waals surface area contributed by atoms with Crippen LogP contribution in [0, 0.1) is 5.92 Å². The van der Waals surface area contributed by atoms with E-state index in [1.54, 1.807) is 14.2 Å². The van der Waals surface area contributed by atoms with Crippen LogP contribution < -0.4 is 9.47 Å². The van der Waals surface area contributed by atoms with Gasteiger partial charge in [0, 0.05) is 17.0 Å². The molecule has 1 fully saturated rings. The van der Waals surface area contributed by atoms with Crippen molar-refractivity contribution < 1.29 is 14.6 Å². The second-order valence-electron chi connectivity index (χ2n) is 5.44. The maximum absolute atomic E-state index is 10.4. The minimum absolute atomic E-state index is 0.199. The molecule has 18 heavy (non-hydrogen) atoms. The van der Waals surface area contributed by atoms with E-state index < -0.39 is 0 Å². The summed E-state index contributed by atoms with van der Waals surface area (Å²) < 4.78 is 11.0. The lowest BCUT2D eigenvalue weighted by Gasteiger charge is -2.47. The maximum Gasteiger partial charge on any atom is 0.122 e. The standard InChI is InChI=1S/C15H20O3/c1-8-9-4-5-10(15(8)16)14-12(18-3)7-6-11(17-2)13(9)14/h6-10,15-16H,4-5H2,1-3H3/t8-,9+,10+,15+/m1/s1. The van der Waals surface area contributed by atoms with Gasteiger partial charge in [0.05, 0.1) is 20.3 Å². The molecule has 1 aromatic carbocycles. The number of rotatable bonds is 2. The van der Waals surface area contributed by atoms with Crippen LogP contribution in [0.5, 0.6) is 11.5 Å². The highest BCUT2D eigenvalue weighted by atomic mass is 16.5. The van der Waals surface area contributed by atoms with Gasteiger partial charge in [-0.05, 0) is 36.8 Å². The first-order valence-corrected chi connectivity index (χ1v) is 6.61. The van der Waals surface area contributed by atoms with Crippen LogP contribution in [0.2, 0.25) is 0 Å². The van der Waals surface area contributed by atoms with Crippen molar-refractivity contribution in [3.63, 3.8) is 0 Å². The van der Waals surface area contributed by atoms with Crippen LogP contribution in [0.3, 0.4) is 0 Å². The Morgan fingerprint density at radius 2 is 1.50 bits per heavy atom. The van der Waals surface area contributed by atoms with Crippen LogP contribution in [0.15, 0.2) is 12.1 Å². The van der Waals surface area contributed by atoms with Gasteiger partial charge in [0.25, 0.3) is 0 Å². The Morgan fingerprint density at radius 1 is 1.00 bits per heavy atom. The summed E-state index contributed by atoms with van der Waals surface area (Å²) in [6.45, 7) is 2.14. The highest BCUT2D eigenvalue weighted by Crippen LogP contribution is 2.57. The molecule has 0 unspecified atom stereocenters. The average molecular weight is 248 g/mol. The first kappa shape index (κ1) is 11.8. The monoisotopic (exact) mass is 248 g/mol. The zero-order valence-corrected chi connectivity index (χ0v) is 11.1. The van der Waals surface area contributed by atoms with Crippen LogP contribution in [0.4, 0.5) is 0 Å². The Kier molecular flexibility index (Phi) is 2.74. The summed E-state index contributed by atoms with van der Waals surface area (Å²) in [5.41, 5.74) is 2.45. The number of fused-ring (bicyclic) bond motifs is 2. The average Bonchev–Trinajstić information content (AvgIpc) is 2.42. The summed E-state index contributed by atoms with van der Waals surface area (Å²) in [5, 5.41) is 10.4. The van der Waals surface area contributed by atoms with E-state index in [-0.39, 0.29) is 12.0 Å². The Bertz CT molecular complexity index is 426. The SMILES string of the molecule is COc1ccc(OC)c2c1[C@H]1CC[C@@H]2[C@@H](O)[C@@H]1C. The van der Waals surface area contributed by atoms with E-state index in [9.17, 15) is 5.11 Å². The molecule has 4 atom stereocenters. The minimum atomic E-state index is -0.253. The van der Waals surface area contributed by atoms with Gasteiger partial charge in [-0.2, -0.15) is 0 Å². The van der Waals surface area contributed by atoms with E-state index >= 15 is 0 Å². The Hall–Kier alpha value is -1.22. The van der Waals surface area contributed by atoms with Crippen molar-refractivity contribution in [2.45, 2.75) is 37.7 Å². The highest BCUT2D eigenvalue weighted by Gasteiger charge is 2.46. The molecule has 4 rings (SSSR count). The fourth-order valence-corrected chi connectivity index (χ4v) is 3.84. The molecule has 0 spiro atoms. The second-order valence-corrected chi connectivity index (χ2v) is 5.44. The predicted molar refractivity (Wildman–Crippen MR) is 69.4 cm³/mol. The van der Waals surface area contributed by atoms with Gasteiger partial charge in [0.2, 0.25) is 0 Å². The summed E-state index contributed by atoms with van der Waals surface area (Å²) in [7, 11) is 3.41. The zero-order valence-electron chi connectivity index (χ0n) is 11.1. The number of hydrogen-bond acceptors (Lipinski definition) is 3. The van der Waals surface area contributed by atoms with Gasteiger partial charge in [0.1, 0.15) is 11.5 Å². The Balaban J connectivity index is 2.24. The molecule has 98 valence electrons. The van der Waals surface area contributed by atoms with Crippen LogP contribution in [-0.4, -0.2) is 25.4 Å². The van der Waals surface area contributed by atoms with E-state index in [4.69, 9.17) is 9.47 Å². The molecule has 3 aliphatic carbocycles. The molecule has 3 heteroatoms. The second kappa shape index (κ2) is 4.16. The number of benzene rings is 1. The van der Waals surface area contributed by atoms with Crippen LogP contribution in [-0.2, 0) is 0 Å². The quantitative estimate of drug-likeness (QED) is 0.874. The zero-order chi connectivity index (χ0) is 12.9. The fourth-order valence-electron chi connectivity index (χ4n) is 3.84. The van der Waals surface area contributed by atoms with Crippen LogP contribution in [0.1, 0.15) is 42.7 Å². The number of hydrogen-bond donors (Lipinski definition) is 1. The number of aliphatic hydroxyl groups excluding tert-OH is 1. The first-order chi connectivity index (χ1) is 8.69. The molecule has 1 saturated carbocycles. The summed E-state index contributed by atoms with van der Waals surface area (Å²) in [6.07, 6.45) is 1.93. The van der Waals surface area contributed by atoms with E-state index in [0.29, 0.717) is 11.8 Å². The molecule has 0 radical (unpaired) electrons. The van der Waals surface area contributed by atoms with Crippen molar-refractivity contribution in [3.05, 3.63) is 23.3 Å². The molecule has 2 bridgehead atoms. The third-order valence-electron chi connectivity index (χ3n) is 4.76. The molecule has 1 aromatic rings. The minimum Gasteiger partial charge on any atom is -0.496 e. The van der Waals surface area contributed by atoms with Gasteiger partial charge >= 0.3 is 0 Å². The predicted octanol–water partition coefficient (Wildman–Crippen LogP) is 2.68. The molecular formula is C15H20O3. The van der Waals surface area contributed by atoms with Crippen molar-refractivity contribution in [3.8, 4) is 11.5 Å². The molecule has 0 aliphatic heterocycles. The van der Waals surface area contributed by atoms with Crippen molar-refractivity contribution in [2.75, 3.05) is 14.2 Å². The number of methoxy groups -OCH3 is 2. The molecule has 3 nitrogen and oxygen atoms in total. The summed E-state index contributed by atoms with van der Waals surface area (Å²) in [5.74, 6) is 2.73. The van der Waals surface area contributed by atoms with Crippen molar-refractivity contribution in [2.24, 2.45) is 5.92 Å². The summed E-state index contributed by atoms with van der Waals surface area (Å²) in [6, 6.07) is 3.94. The first-order valence-electron chi connectivity index (χ1n) is 6.61. The lowest BCUT2D eigenvalue weighted by Crippen LogP contribution is -2.41. The van der Waals surface area contributed by atoms with Gasteiger partial charge < -0.3 is 14.6 Å². The molecule has 0 aromatic heterocycles. The van der Waals surface area contributed by atoms with Gasteiger partial charge in [-0.25, -0.2) is 0 Å². The van der Waals surface area contributed by atoms with Crippen molar-refractivity contribution >= 4 is 0 Å². The van der Waals surface area contributed by atoms with Gasteiger partial charge in [-0.3, -0.25) is 0 Å². The van der Waals surface area contributed by atoms with Gasteiger partial charge in [0.15, 0.2) is 0 Å². The van der Waals surface area contributed by atoms with E-state index in [1.807, 2.05) is 12.1 Å². The maximum atomic E-state index is 10.4. The van der Waals surface area contributed by atoms with Gasteiger partial charge in [-0.15, -0.1) is 0 Å². The Morgan fingerprint density at radius 3 is 2.06 bits per heavy atom. The summed E-state index contributed by atoms with van der Waals surface area (Å²) >= 11 is 0. The number of aliphatic hydroxyl groups is 1. The lowest BCUT2D eigenvalue weighted by molar-refractivity contribution is 0.0297. The van der Waals surface area contributed by atoms with Crippen molar-refractivity contribution in [1.82, 2.24) is 0 Å². The van der Waals surface area contributed by atoms with Gasteiger partial charge in [-0.1, -0.05) is 6.92 Å². The normalized spacial score (nSPS) is 33.1. The molecule has 3 aliphatic rings. The van der Waals surface area contributed by atoms with E-state index in [1.165, 1.54) is 11.1 Å².